The van der Waals surface area contributed by atoms with Gasteiger partial charge < -0.3 is 14.8 Å². The first-order valence-corrected chi connectivity index (χ1v) is 10.7. The van der Waals surface area contributed by atoms with Crippen LogP contribution in [0.3, 0.4) is 0 Å². The zero-order chi connectivity index (χ0) is 23.1. The zero-order valence-electron chi connectivity index (χ0n) is 17.3. The van der Waals surface area contributed by atoms with Crippen molar-refractivity contribution in [2.45, 2.75) is 19.9 Å². The summed E-state index contributed by atoms with van der Waals surface area (Å²) in [6.45, 7) is 3.62. The molecule has 7 nitrogen and oxygen atoms in total. The third-order valence-corrected chi connectivity index (χ3v) is 5.39. The van der Waals surface area contributed by atoms with Crippen molar-refractivity contribution in [3.63, 3.8) is 0 Å². The first kappa shape index (κ1) is 25.0. The van der Waals surface area contributed by atoms with Gasteiger partial charge in [0, 0.05) is 5.02 Å². The minimum Gasteiger partial charge on any atom is -0.493 e. The summed E-state index contributed by atoms with van der Waals surface area (Å²) in [4.78, 5) is 25.2. The van der Waals surface area contributed by atoms with Gasteiger partial charge in [-0.15, -0.1) is 0 Å². The van der Waals surface area contributed by atoms with Gasteiger partial charge in [0.2, 0.25) is 0 Å². The van der Waals surface area contributed by atoms with Gasteiger partial charge in [-0.25, -0.2) is 5.43 Å². The van der Waals surface area contributed by atoms with Crippen LogP contribution >= 0.6 is 39.1 Å². The molecule has 166 valence electrons. The monoisotopic (exact) mass is 529 g/mol. The lowest BCUT2D eigenvalue weighted by Crippen LogP contribution is -2.48. The molecule has 0 heterocycles. The summed E-state index contributed by atoms with van der Waals surface area (Å²) in [6.07, 6.45) is 1.46. The van der Waals surface area contributed by atoms with Crippen LogP contribution in [0.2, 0.25) is 10.0 Å². The van der Waals surface area contributed by atoms with Crippen LogP contribution in [0.5, 0.6) is 11.5 Å². The van der Waals surface area contributed by atoms with E-state index in [0.29, 0.717) is 26.6 Å². The molecule has 0 aliphatic rings. The van der Waals surface area contributed by atoms with E-state index in [1.165, 1.54) is 32.6 Å². The third-order valence-electron chi connectivity index (χ3n) is 4.26. The largest absolute Gasteiger partial charge is 0.493 e. The highest BCUT2D eigenvalue weighted by Gasteiger charge is 2.25. The van der Waals surface area contributed by atoms with Crippen molar-refractivity contribution in [3.05, 3.63) is 56.0 Å². The van der Waals surface area contributed by atoms with Crippen molar-refractivity contribution >= 4 is 57.2 Å². The van der Waals surface area contributed by atoms with Crippen LogP contribution in [0.4, 0.5) is 0 Å². The van der Waals surface area contributed by atoms with E-state index >= 15 is 0 Å². The van der Waals surface area contributed by atoms with Crippen LogP contribution in [-0.2, 0) is 4.79 Å². The van der Waals surface area contributed by atoms with Crippen molar-refractivity contribution < 1.29 is 19.1 Å². The Balaban J connectivity index is 2.11. The Morgan fingerprint density at radius 3 is 2.42 bits per heavy atom. The van der Waals surface area contributed by atoms with E-state index in [1.54, 1.807) is 18.2 Å². The van der Waals surface area contributed by atoms with Crippen LogP contribution in [0.25, 0.3) is 0 Å². The third kappa shape index (κ3) is 6.59. The molecule has 0 bridgehead atoms. The molecule has 31 heavy (non-hydrogen) atoms. The molecule has 2 N–H and O–H groups in total. The molecule has 1 unspecified atom stereocenters. The molecule has 0 spiro atoms. The number of ether oxygens (including phenoxy) is 2. The van der Waals surface area contributed by atoms with Crippen molar-refractivity contribution in [2.75, 3.05) is 14.2 Å². The van der Waals surface area contributed by atoms with Crippen molar-refractivity contribution in [1.29, 1.82) is 0 Å². The molecule has 10 heteroatoms. The van der Waals surface area contributed by atoms with Gasteiger partial charge in [0.1, 0.15) is 6.04 Å². The predicted octanol–water partition coefficient (Wildman–Crippen LogP) is 4.68. The maximum Gasteiger partial charge on any atom is 0.262 e. The van der Waals surface area contributed by atoms with Gasteiger partial charge in [0.25, 0.3) is 11.8 Å². The lowest BCUT2D eigenvalue weighted by molar-refractivity contribution is -0.123. The second kappa shape index (κ2) is 11.4. The number of halogens is 3. The van der Waals surface area contributed by atoms with Gasteiger partial charge in [-0.3, -0.25) is 9.59 Å². The lowest BCUT2D eigenvalue weighted by atomic mass is 10.0. The van der Waals surface area contributed by atoms with Gasteiger partial charge in [-0.2, -0.15) is 5.10 Å². The summed E-state index contributed by atoms with van der Waals surface area (Å²) in [5.74, 6) is -0.0862. The first-order valence-electron chi connectivity index (χ1n) is 9.18. The van der Waals surface area contributed by atoms with Crippen molar-refractivity contribution in [1.82, 2.24) is 10.7 Å². The van der Waals surface area contributed by atoms with Crippen molar-refractivity contribution in [2.24, 2.45) is 11.0 Å². The van der Waals surface area contributed by atoms with Gasteiger partial charge in [-0.05, 0) is 57.7 Å². The SMILES string of the molecule is COc1cc(C=NNC(=O)C(NC(=O)c2ccc(Cl)cc2Cl)C(C)C)cc(Br)c1OC. The van der Waals surface area contributed by atoms with Gasteiger partial charge in [0.05, 0.1) is 35.5 Å². The van der Waals surface area contributed by atoms with E-state index in [1.807, 2.05) is 13.8 Å². The number of benzene rings is 2. The maximum atomic E-state index is 12.6. The van der Waals surface area contributed by atoms with Crippen LogP contribution < -0.4 is 20.2 Å². The number of hydrogen-bond acceptors (Lipinski definition) is 5. The van der Waals surface area contributed by atoms with E-state index in [9.17, 15) is 9.59 Å². The number of nitrogens with zero attached hydrogens (tertiary/aromatic N) is 1. The molecule has 0 radical (unpaired) electrons. The predicted molar refractivity (Wildman–Crippen MR) is 126 cm³/mol. The maximum absolute atomic E-state index is 12.6. The quantitative estimate of drug-likeness (QED) is 0.383. The Labute approximate surface area is 199 Å². The molecule has 2 rings (SSSR count). The van der Waals surface area contributed by atoms with Gasteiger partial charge in [0.15, 0.2) is 11.5 Å². The normalized spacial score (nSPS) is 12.0. The fourth-order valence-electron chi connectivity index (χ4n) is 2.68. The van der Waals surface area contributed by atoms with Gasteiger partial charge >= 0.3 is 0 Å². The number of nitrogens with one attached hydrogen (secondary N) is 2. The number of hydrazone groups is 1. The standard InChI is InChI=1S/C21H22BrCl2N3O4/c1-11(2)18(26-20(28)14-6-5-13(23)9-16(14)24)21(29)27-25-10-12-7-15(22)19(31-4)17(8-12)30-3/h5-11,18H,1-4H3,(H,26,28)(H,27,29). The lowest BCUT2D eigenvalue weighted by Gasteiger charge is -2.20. The van der Waals surface area contributed by atoms with E-state index in [4.69, 9.17) is 32.7 Å². The Kier molecular flexibility index (Phi) is 9.15. The Morgan fingerprint density at radius 2 is 1.84 bits per heavy atom. The summed E-state index contributed by atoms with van der Waals surface area (Å²) < 4.78 is 11.2. The molecule has 2 aromatic rings. The van der Waals surface area contributed by atoms with E-state index < -0.39 is 17.9 Å². The molecule has 0 saturated carbocycles. The molecule has 0 aliphatic carbocycles. The molecule has 0 aliphatic heterocycles. The Morgan fingerprint density at radius 1 is 1.13 bits per heavy atom. The van der Waals surface area contributed by atoms with Crippen LogP contribution in [0.15, 0.2) is 39.9 Å². The number of amides is 2. The van der Waals surface area contributed by atoms with E-state index in [0.717, 1.165) is 0 Å². The molecule has 1 atom stereocenters. The number of rotatable bonds is 8. The summed E-state index contributed by atoms with van der Waals surface area (Å²) in [5.41, 5.74) is 3.35. The van der Waals surface area contributed by atoms with E-state index in [2.05, 4.69) is 31.8 Å². The molecule has 0 fully saturated rings. The smallest absolute Gasteiger partial charge is 0.262 e. The van der Waals surface area contributed by atoms with Crippen molar-refractivity contribution in [3.8, 4) is 11.5 Å². The second-order valence-electron chi connectivity index (χ2n) is 6.79. The summed E-state index contributed by atoms with van der Waals surface area (Å²) in [5, 5.41) is 7.29. The zero-order valence-corrected chi connectivity index (χ0v) is 20.4. The molecule has 0 aromatic heterocycles. The molecule has 2 aromatic carbocycles. The fraction of sp³-hybridized carbons (Fsp3) is 0.286. The number of methoxy groups -OCH3 is 2. The topological polar surface area (TPSA) is 89.0 Å². The van der Waals surface area contributed by atoms with Gasteiger partial charge in [-0.1, -0.05) is 37.0 Å². The fourth-order valence-corrected chi connectivity index (χ4v) is 3.80. The summed E-state index contributed by atoms with van der Waals surface area (Å²) in [6, 6.07) is 7.17. The average Bonchev–Trinajstić information content (AvgIpc) is 2.70. The van der Waals surface area contributed by atoms with E-state index in [-0.39, 0.29) is 16.5 Å². The van der Waals surface area contributed by atoms with Crippen LogP contribution in [0, 0.1) is 5.92 Å². The Bertz CT molecular complexity index is 999. The minimum absolute atomic E-state index is 0.194. The Hall–Kier alpha value is -2.29. The average molecular weight is 531 g/mol. The summed E-state index contributed by atoms with van der Waals surface area (Å²) >= 11 is 15.4. The molecular weight excluding hydrogens is 509 g/mol. The number of carbonyl (C=O) groups excluding carboxylic acids is 2. The number of carbonyl (C=O) groups is 2. The molecule has 0 saturated heterocycles. The molecular formula is C21H22BrCl2N3O4. The highest BCUT2D eigenvalue weighted by atomic mass is 79.9. The highest BCUT2D eigenvalue weighted by molar-refractivity contribution is 9.10. The number of hydrogen-bond donors (Lipinski definition) is 2. The summed E-state index contributed by atoms with van der Waals surface area (Å²) in [7, 11) is 3.06. The van der Waals surface area contributed by atoms with Crippen LogP contribution in [-0.4, -0.2) is 38.3 Å². The molecule has 2 amide bonds. The van der Waals surface area contributed by atoms with Crippen LogP contribution in [0.1, 0.15) is 29.8 Å². The minimum atomic E-state index is -0.825. The highest BCUT2D eigenvalue weighted by Crippen LogP contribution is 2.35. The second-order valence-corrected chi connectivity index (χ2v) is 8.49. The first-order chi connectivity index (χ1) is 14.7.